The molecule has 7 heteroatoms. The van der Waals surface area contributed by atoms with E-state index >= 15 is 0 Å². The minimum absolute atomic E-state index is 0.122. The zero-order valence-corrected chi connectivity index (χ0v) is 14.3. The van der Waals surface area contributed by atoms with Crippen molar-refractivity contribution in [3.05, 3.63) is 40.3 Å². The van der Waals surface area contributed by atoms with Crippen molar-refractivity contribution in [3.8, 4) is 11.5 Å². The summed E-state index contributed by atoms with van der Waals surface area (Å²) in [6, 6.07) is 5.15. The Morgan fingerprint density at radius 1 is 1.46 bits per heavy atom. The van der Waals surface area contributed by atoms with Crippen molar-refractivity contribution < 1.29 is 19.0 Å². The molecule has 24 heavy (non-hydrogen) atoms. The van der Waals surface area contributed by atoms with Crippen LogP contribution < -0.4 is 14.8 Å². The molecule has 1 aromatic heterocycles. The molecule has 0 aliphatic carbocycles. The van der Waals surface area contributed by atoms with E-state index < -0.39 is 0 Å². The van der Waals surface area contributed by atoms with Crippen LogP contribution in [0.1, 0.15) is 28.9 Å². The van der Waals surface area contributed by atoms with E-state index in [0.29, 0.717) is 30.2 Å². The van der Waals surface area contributed by atoms with Crippen molar-refractivity contribution in [1.29, 1.82) is 0 Å². The lowest BCUT2D eigenvalue weighted by Crippen LogP contribution is -2.31. The first kappa shape index (κ1) is 16.7. The summed E-state index contributed by atoms with van der Waals surface area (Å²) in [5, 5.41) is 4.83. The maximum Gasteiger partial charge on any atom is 0.251 e. The summed E-state index contributed by atoms with van der Waals surface area (Å²) >= 11 is 1.52. The molecule has 1 atom stereocenters. The van der Waals surface area contributed by atoms with Gasteiger partial charge in [-0.15, -0.1) is 11.3 Å². The molecule has 0 radical (unpaired) electrons. The second-order valence-corrected chi connectivity index (χ2v) is 6.20. The third kappa shape index (κ3) is 4.24. The molecule has 1 aliphatic heterocycles. The zero-order chi connectivity index (χ0) is 16.8. The number of aromatic nitrogens is 1. The SMILES string of the molecule is COc1cc(C(=O)NCC2CCCO2)ccc1OCc1cscn1. The van der Waals surface area contributed by atoms with Gasteiger partial charge in [0.05, 0.1) is 24.4 Å². The molecule has 1 saturated heterocycles. The van der Waals surface area contributed by atoms with Crippen molar-refractivity contribution in [2.75, 3.05) is 20.3 Å². The average molecular weight is 348 g/mol. The normalized spacial score (nSPS) is 16.8. The maximum atomic E-state index is 12.3. The Kier molecular flexibility index (Phi) is 5.66. The van der Waals surface area contributed by atoms with Gasteiger partial charge in [0.1, 0.15) is 6.61 Å². The Bertz CT molecular complexity index is 669. The van der Waals surface area contributed by atoms with Crippen LogP contribution in [0.25, 0.3) is 0 Å². The van der Waals surface area contributed by atoms with E-state index in [1.165, 1.54) is 11.3 Å². The number of benzene rings is 1. The predicted molar refractivity (Wildman–Crippen MR) is 90.7 cm³/mol. The van der Waals surface area contributed by atoms with Crippen LogP contribution in [0.3, 0.4) is 0 Å². The summed E-state index contributed by atoms with van der Waals surface area (Å²) < 4.78 is 16.6. The minimum Gasteiger partial charge on any atom is -0.493 e. The molecule has 2 heterocycles. The van der Waals surface area contributed by atoms with Crippen molar-refractivity contribution in [2.24, 2.45) is 0 Å². The van der Waals surface area contributed by atoms with Crippen LogP contribution in [-0.4, -0.2) is 37.3 Å². The smallest absolute Gasteiger partial charge is 0.251 e. The Labute approximate surface area is 144 Å². The first-order chi connectivity index (χ1) is 11.8. The van der Waals surface area contributed by atoms with Crippen molar-refractivity contribution >= 4 is 17.2 Å². The number of carbonyl (C=O) groups excluding carboxylic acids is 1. The number of nitrogens with one attached hydrogen (secondary N) is 1. The van der Waals surface area contributed by atoms with E-state index in [0.717, 1.165) is 25.1 Å². The molecular weight excluding hydrogens is 328 g/mol. The summed E-state index contributed by atoms with van der Waals surface area (Å²) in [6.45, 7) is 1.67. The van der Waals surface area contributed by atoms with E-state index in [1.807, 2.05) is 5.38 Å². The van der Waals surface area contributed by atoms with Crippen LogP contribution in [0.4, 0.5) is 0 Å². The maximum absolute atomic E-state index is 12.3. The number of hydrogen-bond acceptors (Lipinski definition) is 6. The lowest BCUT2D eigenvalue weighted by Gasteiger charge is -2.13. The number of carbonyl (C=O) groups is 1. The molecular formula is C17H20N2O4S. The number of amides is 1. The second kappa shape index (κ2) is 8.12. The van der Waals surface area contributed by atoms with Gasteiger partial charge in [-0.1, -0.05) is 0 Å². The number of hydrogen-bond donors (Lipinski definition) is 1. The fourth-order valence-corrected chi connectivity index (χ4v) is 3.05. The first-order valence-electron chi connectivity index (χ1n) is 7.84. The second-order valence-electron chi connectivity index (χ2n) is 5.48. The highest BCUT2D eigenvalue weighted by Crippen LogP contribution is 2.29. The molecule has 1 unspecified atom stereocenters. The van der Waals surface area contributed by atoms with Crippen LogP contribution >= 0.6 is 11.3 Å². The number of thiazole rings is 1. The van der Waals surface area contributed by atoms with Gasteiger partial charge in [0, 0.05) is 24.1 Å². The predicted octanol–water partition coefficient (Wildman–Crippen LogP) is 2.64. The first-order valence-corrected chi connectivity index (χ1v) is 8.78. The quantitative estimate of drug-likeness (QED) is 0.833. The molecule has 1 aliphatic rings. The largest absolute Gasteiger partial charge is 0.493 e. The lowest BCUT2D eigenvalue weighted by molar-refractivity contribution is 0.0857. The summed E-state index contributed by atoms with van der Waals surface area (Å²) in [5.41, 5.74) is 3.16. The summed E-state index contributed by atoms with van der Waals surface area (Å²) in [6.07, 6.45) is 2.17. The molecule has 1 amide bonds. The number of nitrogens with zero attached hydrogens (tertiary/aromatic N) is 1. The van der Waals surface area contributed by atoms with Gasteiger partial charge in [0.15, 0.2) is 11.5 Å². The standard InChI is InChI=1S/C17H20N2O4S/c1-21-16-7-12(17(20)18-8-14-3-2-6-22-14)4-5-15(16)23-9-13-10-24-11-19-13/h4-5,7,10-11,14H,2-3,6,8-9H2,1H3,(H,18,20). The fourth-order valence-electron chi connectivity index (χ4n) is 2.50. The monoisotopic (exact) mass is 348 g/mol. The number of methoxy groups -OCH3 is 1. The third-order valence-corrected chi connectivity index (χ3v) is 4.43. The van der Waals surface area contributed by atoms with E-state index in [9.17, 15) is 4.79 Å². The van der Waals surface area contributed by atoms with Crippen molar-refractivity contribution in [1.82, 2.24) is 10.3 Å². The lowest BCUT2D eigenvalue weighted by atomic mass is 10.1. The highest BCUT2D eigenvalue weighted by Gasteiger charge is 2.17. The van der Waals surface area contributed by atoms with Gasteiger partial charge >= 0.3 is 0 Å². The summed E-state index contributed by atoms with van der Waals surface area (Å²) in [4.78, 5) is 16.4. The Morgan fingerprint density at radius 3 is 3.08 bits per heavy atom. The molecule has 1 aromatic carbocycles. The molecule has 128 valence electrons. The summed E-state index contributed by atoms with van der Waals surface area (Å²) in [7, 11) is 1.55. The zero-order valence-electron chi connectivity index (χ0n) is 13.5. The van der Waals surface area contributed by atoms with Crippen LogP contribution in [-0.2, 0) is 11.3 Å². The molecule has 2 aromatic rings. The van der Waals surface area contributed by atoms with E-state index in [4.69, 9.17) is 14.2 Å². The Balaban J connectivity index is 1.60. The molecule has 3 rings (SSSR count). The van der Waals surface area contributed by atoms with Crippen LogP contribution in [0.15, 0.2) is 29.1 Å². The van der Waals surface area contributed by atoms with Gasteiger partial charge in [-0.25, -0.2) is 4.98 Å². The molecule has 6 nitrogen and oxygen atoms in total. The molecule has 0 bridgehead atoms. The highest BCUT2D eigenvalue weighted by atomic mass is 32.1. The molecule has 1 fully saturated rings. The Morgan fingerprint density at radius 2 is 2.38 bits per heavy atom. The number of rotatable bonds is 7. The fraction of sp³-hybridized carbons (Fsp3) is 0.412. The molecule has 0 spiro atoms. The van der Waals surface area contributed by atoms with E-state index in [-0.39, 0.29) is 12.0 Å². The van der Waals surface area contributed by atoms with Gasteiger partial charge in [-0.05, 0) is 31.0 Å². The Hall–Kier alpha value is -2.12. The van der Waals surface area contributed by atoms with E-state index in [1.54, 1.807) is 30.8 Å². The topological polar surface area (TPSA) is 69.7 Å². The average Bonchev–Trinajstić information content (AvgIpc) is 3.31. The van der Waals surface area contributed by atoms with Gasteiger partial charge in [-0.2, -0.15) is 0 Å². The molecule has 0 saturated carbocycles. The molecule has 1 N–H and O–H groups in total. The highest BCUT2D eigenvalue weighted by molar-refractivity contribution is 7.07. The van der Waals surface area contributed by atoms with Crippen LogP contribution in [0, 0.1) is 0 Å². The minimum atomic E-state index is -0.144. The number of ether oxygens (including phenoxy) is 3. The third-order valence-electron chi connectivity index (χ3n) is 3.80. The van der Waals surface area contributed by atoms with Gasteiger partial charge in [0.25, 0.3) is 5.91 Å². The van der Waals surface area contributed by atoms with E-state index in [2.05, 4.69) is 10.3 Å². The van der Waals surface area contributed by atoms with Gasteiger partial charge in [-0.3, -0.25) is 4.79 Å². The van der Waals surface area contributed by atoms with Crippen molar-refractivity contribution in [3.63, 3.8) is 0 Å². The van der Waals surface area contributed by atoms with Crippen LogP contribution in [0.2, 0.25) is 0 Å². The van der Waals surface area contributed by atoms with Crippen molar-refractivity contribution in [2.45, 2.75) is 25.6 Å². The van der Waals surface area contributed by atoms with Crippen LogP contribution in [0.5, 0.6) is 11.5 Å². The van der Waals surface area contributed by atoms with Gasteiger partial charge in [0.2, 0.25) is 0 Å². The van der Waals surface area contributed by atoms with Gasteiger partial charge < -0.3 is 19.5 Å². The summed E-state index contributed by atoms with van der Waals surface area (Å²) in [5.74, 6) is 0.964.